The largest absolute Gasteiger partial charge is 0.444 e. The van der Waals surface area contributed by atoms with Crippen molar-refractivity contribution in [3.8, 4) is 0 Å². The van der Waals surface area contributed by atoms with Gasteiger partial charge in [-0.2, -0.15) is 0 Å². The molecule has 2 rings (SSSR count). The van der Waals surface area contributed by atoms with Gasteiger partial charge in [-0.1, -0.05) is 41.9 Å². The first-order chi connectivity index (χ1) is 10.5. The molecule has 0 aliphatic carbocycles. The third-order valence-electron chi connectivity index (χ3n) is 2.95. The van der Waals surface area contributed by atoms with Gasteiger partial charge in [0.05, 0.1) is 5.56 Å². The number of carbonyl (C=O) groups excluding carboxylic acids is 2. The molecule has 0 saturated heterocycles. The molecule has 0 N–H and O–H groups in total. The average Bonchev–Trinajstić information content (AvgIpc) is 2.52. The predicted molar refractivity (Wildman–Crippen MR) is 82.5 cm³/mol. The van der Waals surface area contributed by atoms with Crippen molar-refractivity contribution in [2.24, 2.45) is 0 Å². The summed E-state index contributed by atoms with van der Waals surface area (Å²) in [6.07, 6.45) is 0.403. The molecule has 1 aromatic carbocycles. The van der Waals surface area contributed by atoms with Gasteiger partial charge in [0.2, 0.25) is 6.10 Å². The van der Waals surface area contributed by atoms with Gasteiger partial charge < -0.3 is 9.64 Å². The molecule has 0 radical (unpaired) electrons. The van der Waals surface area contributed by atoms with Crippen molar-refractivity contribution in [1.82, 2.24) is 9.88 Å². The van der Waals surface area contributed by atoms with Crippen LogP contribution in [0.25, 0.3) is 0 Å². The fourth-order valence-corrected chi connectivity index (χ4v) is 2.00. The summed E-state index contributed by atoms with van der Waals surface area (Å²) in [5.41, 5.74) is 0.849. The summed E-state index contributed by atoms with van der Waals surface area (Å²) in [5, 5.41) is 0.185. The van der Waals surface area contributed by atoms with Crippen LogP contribution in [0.4, 0.5) is 0 Å². The third-order valence-corrected chi connectivity index (χ3v) is 3.16. The first-order valence-electron chi connectivity index (χ1n) is 6.57. The van der Waals surface area contributed by atoms with E-state index in [-0.39, 0.29) is 16.6 Å². The summed E-state index contributed by atoms with van der Waals surface area (Å²) < 4.78 is 5.38. The molecule has 0 saturated carbocycles. The normalized spacial score (nSPS) is 11.6. The summed E-state index contributed by atoms with van der Waals surface area (Å²) in [7, 11) is 3.21. The van der Waals surface area contributed by atoms with E-state index in [4.69, 9.17) is 16.3 Å². The highest BCUT2D eigenvalue weighted by Gasteiger charge is 2.27. The van der Waals surface area contributed by atoms with Gasteiger partial charge in [0, 0.05) is 25.9 Å². The van der Waals surface area contributed by atoms with Crippen LogP contribution in [0, 0.1) is 0 Å². The molecule has 0 aliphatic heterocycles. The quantitative estimate of drug-likeness (QED) is 0.642. The minimum Gasteiger partial charge on any atom is -0.444 e. The van der Waals surface area contributed by atoms with E-state index in [1.807, 2.05) is 6.07 Å². The van der Waals surface area contributed by atoms with Crippen molar-refractivity contribution in [3.63, 3.8) is 0 Å². The van der Waals surface area contributed by atoms with Crippen LogP contribution < -0.4 is 0 Å². The number of halogens is 1. The van der Waals surface area contributed by atoms with E-state index in [2.05, 4.69) is 4.98 Å². The van der Waals surface area contributed by atoms with E-state index in [9.17, 15) is 9.59 Å². The Balaban J connectivity index is 2.27. The molecule has 0 spiro atoms. The molecule has 6 heteroatoms. The maximum atomic E-state index is 12.3. The number of amides is 1. The lowest BCUT2D eigenvalue weighted by molar-refractivity contribution is -0.138. The first kappa shape index (κ1) is 16.0. The van der Waals surface area contributed by atoms with Crippen LogP contribution in [0.2, 0.25) is 5.15 Å². The Hall–Kier alpha value is -2.40. The maximum Gasteiger partial charge on any atom is 0.339 e. The fraction of sp³-hybridized carbons (Fsp3) is 0.188. The summed E-state index contributed by atoms with van der Waals surface area (Å²) in [5.74, 6) is -0.951. The number of likely N-dealkylation sites (N-methyl/N-ethyl adjacent to an activating group) is 1. The number of rotatable bonds is 4. The Morgan fingerprint density at radius 3 is 2.45 bits per heavy atom. The number of hydrogen-bond donors (Lipinski definition) is 0. The molecule has 1 atom stereocenters. The highest BCUT2D eigenvalue weighted by molar-refractivity contribution is 6.29. The minimum atomic E-state index is -1.00. The van der Waals surface area contributed by atoms with Crippen molar-refractivity contribution in [3.05, 3.63) is 64.9 Å². The highest BCUT2D eigenvalue weighted by Crippen LogP contribution is 2.21. The smallest absolute Gasteiger partial charge is 0.339 e. The predicted octanol–water partition coefficient (Wildman–Crippen LogP) is 2.72. The summed E-state index contributed by atoms with van der Waals surface area (Å²) >= 11 is 5.76. The van der Waals surface area contributed by atoms with Crippen LogP contribution in [-0.4, -0.2) is 35.9 Å². The Morgan fingerprint density at radius 1 is 1.18 bits per heavy atom. The second-order valence-electron chi connectivity index (χ2n) is 4.80. The van der Waals surface area contributed by atoms with Crippen LogP contribution in [0.15, 0.2) is 48.7 Å². The monoisotopic (exact) mass is 318 g/mol. The van der Waals surface area contributed by atoms with Gasteiger partial charge in [-0.15, -0.1) is 0 Å². The van der Waals surface area contributed by atoms with Crippen molar-refractivity contribution >= 4 is 23.5 Å². The van der Waals surface area contributed by atoms with Gasteiger partial charge in [-0.05, 0) is 12.1 Å². The van der Waals surface area contributed by atoms with E-state index >= 15 is 0 Å². The topological polar surface area (TPSA) is 59.5 Å². The minimum absolute atomic E-state index is 0.185. The molecular formula is C16H15ClN2O3. The van der Waals surface area contributed by atoms with Gasteiger partial charge in [0.15, 0.2) is 0 Å². The molecule has 1 heterocycles. The van der Waals surface area contributed by atoms with Crippen molar-refractivity contribution in [2.45, 2.75) is 6.10 Å². The van der Waals surface area contributed by atoms with E-state index < -0.39 is 12.1 Å². The average molecular weight is 319 g/mol. The molecule has 0 fully saturated rings. The Labute approximate surface area is 133 Å². The number of aromatic nitrogens is 1. The van der Waals surface area contributed by atoms with Gasteiger partial charge in [0.1, 0.15) is 5.15 Å². The zero-order valence-electron chi connectivity index (χ0n) is 12.2. The number of esters is 1. The summed E-state index contributed by atoms with van der Waals surface area (Å²) in [6.45, 7) is 0. The van der Waals surface area contributed by atoms with Crippen molar-refractivity contribution < 1.29 is 14.3 Å². The van der Waals surface area contributed by atoms with E-state index in [0.29, 0.717) is 5.56 Å². The van der Waals surface area contributed by atoms with Crippen LogP contribution in [-0.2, 0) is 9.53 Å². The molecule has 2 aromatic rings. The zero-order valence-corrected chi connectivity index (χ0v) is 12.9. The van der Waals surface area contributed by atoms with Crippen LogP contribution in [0.3, 0.4) is 0 Å². The van der Waals surface area contributed by atoms with Gasteiger partial charge in [-0.3, -0.25) is 4.79 Å². The lowest BCUT2D eigenvalue weighted by Crippen LogP contribution is -2.31. The van der Waals surface area contributed by atoms with E-state index in [1.165, 1.54) is 23.2 Å². The summed E-state index contributed by atoms with van der Waals surface area (Å²) in [4.78, 5) is 29.7. The number of ether oxygens (including phenoxy) is 1. The van der Waals surface area contributed by atoms with Gasteiger partial charge >= 0.3 is 5.97 Å². The number of pyridine rings is 1. The standard InChI is InChI=1S/C16H15ClN2O3/c1-19(2)15(20)14(11-6-4-3-5-7-11)22-16(21)12-8-9-18-13(17)10-12/h3-10,14H,1-2H3. The summed E-state index contributed by atoms with van der Waals surface area (Å²) in [6, 6.07) is 11.7. The van der Waals surface area contributed by atoms with Crippen molar-refractivity contribution in [1.29, 1.82) is 0 Å². The molecule has 1 aromatic heterocycles. The third kappa shape index (κ3) is 3.83. The van der Waals surface area contributed by atoms with Crippen LogP contribution in [0.5, 0.6) is 0 Å². The van der Waals surface area contributed by atoms with E-state index in [1.54, 1.807) is 38.4 Å². The maximum absolute atomic E-state index is 12.3. The molecule has 0 aliphatic rings. The lowest BCUT2D eigenvalue weighted by Gasteiger charge is -2.21. The Kier molecular flexibility index (Phi) is 5.12. The lowest BCUT2D eigenvalue weighted by atomic mass is 10.1. The van der Waals surface area contributed by atoms with Crippen LogP contribution in [0.1, 0.15) is 22.0 Å². The number of nitrogens with zero attached hydrogens (tertiary/aromatic N) is 2. The molecule has 5 nitrogen and oxygen atoms in total. The van der Waals surface area contributed by atoms with Gasteiger partial charge in [-0.25, -0.2) is 9.78 Å². The second-order valence-corrected chi connectivity index (χ2v) is 5.18. The second kappa shape index (κ2) is 7.04. The molecular weight excluding hydrogens is 304 g/mol. The number of benzene rings is 1. The number of carbonyl (C=O) groups is 2. The zero-order chi connectivity index (χ0) is 16.1. The first-order valence-corrected chi connectivity index (χ1v) is 6.95. The SMILES string of the molecule is CN(C)C(=O)C(OC(=O)c1ccnc(Cl)c1)c1ccccc1. The molecule has 1 amide bonds. The molecule has 1 unspecified atom stereocenters. The van der Waals surface area contributed by atoms with Crippen molar-refractivity contribution in [2.75, 3.05) is 14.1 Å². The van der Waals surface area contributed by atoms with Crippen LogP contribution >= 0.6 is 11.6 Å². The molecule has 0 bridgehead atoms. The molecule has 22 heavy (non-hydrogen) atoms. The van der Waals surface area contributed by atoms with Gasteiger partial charge in [0.25, 0.3) is 5.91 Å². The van der Waals surface area contributed by atoms with E-state index in [0.717, 1.165) is 0 Å². The number of hydrogen-bond acceptors (Lipinski definition) is 4. The molecule has 114 valence electrons. The Morgan fingerprint density at radius 2 is 1.86 bits per heavy atom. The fourth-order valence-electron chi connectivity index (χ4n) is 1.83. The Bertz CT molecular complexity index is 674. The highest BCUT2D eigenvalue weighted by atomic mass is 35.5.